The number of benzene rings is 2. The van der Waals surface area contributed by atoms with Crippen LogP contribution in [0, 0.1) is 12.7 Å². The number of nitrogens with one attached hydrogen (secondary N) is 1. The zero-order chi connectivity index (χ0) is 20.4. The van der Waals surface area contributed by atoms with Gasteiger partial charge in [-0.15, -0.1) is 0 Å². The number of amides is 2. The van der Waals surface area contributed by atoms with E-state index < -0.39 is 5.82 Å². The molecule has 0 spiro atoms. The van der Waals surface area contributed by atoms with E-state index in [2.05, 4.69) is 10.4 Å². The molecule has 0 atom stereocenters. The van der Waals surface area contributed by atoms with Crippen molar-refractivity contribution in [3.05, 3.63) is 77.4 Å². The lowest BCUT2D eigenvalue weighted by molar-refractivity contribution is -0.117. The standard InChI is InChI=1S/C22H21FN4O2/c1-15-18(14-25-27(15)20-6-3-2-5-19(20)23)22(29)24-13-16-8-10-17(11-9-16)26-12-4-7-21(26)28/h2-3,5-6,8-11,14H,4,7,12-13H2,1H3,(H,24,29). The topological polar surface area (TPSA) is 67.2 Å². The summed E-state index contributed by atoms with van der Waals surface area (Å²) < 4.78 is 15.4. The van der Waals surface area contributed by atoms with Gasteiger partial charge in [-0.1, -0.05) is 24.3 Å². The number of aromatic nitrogens is 2. The van der Waals surface area contributed by atoms with Gasteiger partial charge in [0.2, 0.25) is 5.91 Å². The normalized spacial score (nSPS) is 13.7. The molecule has 2 heterocycles. The molecule has 148 valence electrons. The molecule has 1 aliphatic heterocycles. The van der Waals surface area contributed by atoms with Crippen LogP contribution < -0.4 is 10.2 Å². The van der Waals surface area contributed by atoms with Gasteiger partial charge in [-0.3, -0.25) is 9.59 Å². The second-order valence-electron chi connectivity index (χ2n) is 7.00. The maximum absolute atomic E-state index is 14.0. The van der Waals surface area contributed by atoms with Crippen LogP contribution in [0.5, 0.6) is 0 Å². The minimum Gasteiger partial charge on any atom is -0.348 e. The highest BCUT2D eigenvalue weighted by Crippen LogP contribution is 2.22. The fourth-order valence-corrected chi connectivity index (χ4v) is 3.49. The van der Waals surface area contributed by atoms with Crippen LogP contribution in [-0.4, -0.2) is 28.1 Å². The first-order valence-electron chi connectivity index (χ1n) is 9.51. The molecule has 1 saturated heterocycles. The first-order valence-corrected chi connectivity index (χ1v) is 9.51. The van der Waals surface area contributed by atoms with E-state index in [1.165, 1.54) is 16.9 Å². The first-order chi connectivity index (χ1) is 14.0. The average Bonchev–Trinajstić information content (AvgIpc) is 3.33. The molecule has 0 radical (unpaired) electrons. The number of hydrogen-bond acceptors (Lipinski definition) is 3. The summed E-state index contributed by atoms with van der Waals surface area (Å²) in [6, 6.07) is 13.9. The summed E-state index contributed by atoms with van der Waals surface area (Å²) in [7, 11) is 0. The van der Waals surface area contributed by atoms with Gasteiger partial charge in [-0.25, -0.2) is 9.07 Å². The van der Waals surface area contributed by atoms with Crippen LogP contribution in [-0.2, 0) is 11.3 Å². The third kappa shape index (κ3) is 3.76. The summed E-state index contributed by atoms with van der Waals surface area (Å²) in [5.74, 6) is -0.528. The molecule has 0 saturated carbocycles. The molecule has 4 rings (SSSR count). The smallest absolute Gasteiger partial charge is 0.255 e. The number of nitrogens with zero attached hydrogens (tertiary/aromatic N) is 3. The van der Waals surface area contributed by atoms with Crippen molar-refractivity contribution in [3.63, 3.8) is 0 Å². The van der Waals surface area contributed by atoms with Crippen molar-refractivity contribution in [1.82, 2.24) is 15.1 Å². The van der Waals surface area contributed by atoms with E-state index in [0.717, 1.165) is 24.2 Å². The van der Waals surface area contributed by atoms with E-state index >= 15 is 0 Å². The van der Waals surface area contributed by atoms with Gasteiger partial charge in [0, 0.05) is 25.2 Å². The molecule has 0 unspecified atom stereocenters. The minimum atomic E-state index is -0.401. The third-order valence-corrected chi connectivity index (χ3v) is 5.11. The van der Waals surface area contributed by atoms with E-state index in [4.69, 9.17) is 0 Å². The summed E-state index contributed by atoms with van der Waals surface area (Å²) in [5.41, 5.74) is 3.07. The Hall–Kier alpha value is -3.48. The van der Waals surface area contributed by atoms with E-state index in [-0.39, 0.29) is 11.8 Å². The van der Waals surface area contributed by atoms with Crippen LogP contribution in [0.4, 0.5) is 10.1 Å². The number of halogens is 1. The lowest BCUT2D eigenvalue weighted by Gasteiger charge is -2.16. The average molecular weight is 392 g/mol. The van der Waals surface area contributed by atoms with Gasteiger partial charge in [0.1, 0.15) is 11.5 Å². The zero-order valence-corrected chi connectivity index (χ0v) is 16.1. The maximum atomic E-state index is 14.0. The van der Waals surface area contributed by atoms with Crippen molar-refractivity contribution in [3.8, 4) is 5.69 Å². The van der Waals surface area contributed by atoms with Crippen molar-refractivity contribution in [1.29, 1.82) is 0 Å². The van der Waals surface area contributed by atoms with Crippen molar-refractivity contribution in [2.75, 3.05) is 11.4 Å². The van der Waals surface area contributed by atoms with Gasteiger partial charge in [-0.2, -0.15) is 5.10 Å². The summed E-state index contributed by atoms with van der Waals surface area (Å²) in [6.45, 7) is 2.83. The number of carbonyl (C=O) groups is 2. The third-order valence-electron chi connectivity index (χ3n) is 5.11. The minimum absolute atomic E-state index is 0.147. The van der Waals surface area contributed by atoms with Crippen LogP contribution in [0.15, 0.2) is 54.7 Å². The Bertz CT molecular complexity index is 1060. The van der Waals surface area contributed by atoms with E-state index in [1.807, 2.05) is 24.3 Å². The van der Waals surface area contributed by atoms with E-state index in [1.54, 1.807) is 30.0 Å². The highest BCUT2D eigenvalue weighted by molar-refractivity contribution is 5.96. The first kappa shape index (κ1) is 18.9. The molecule has 29 heavy (non-hydrogen) atoms. The fraction of sp³-hybridized carbons (Fsp3) is 0.227. The van der Waals surface area contributed by atoms with Crippen LogP contribution in [0.1, 0.15) is 34.5 Å². The SMILES string of the molecule is Cc1c(C(=O)NCc2ccc(N3CCCC3=O)cc2)cnn1-c1ccccc1F. The molecule has 3 aromatic rings. The fourth-order valence-electron chi connectivity index (χ4n) is 3.49. The molecular formula is C22H21FN4O2. The van der Waals surface area contributed by atoms with Gasteiger partial charge in [-0.05, 0) is 43.2 Å². The second-order valence-corrected chi connectivity index (χ2v) is 7.00. The highest BCUT2D eigenvalue weighted by Gasteiger charge is 2.21. The highest BCUT2D eigenvalue weighted by atomic mass is 19.1. The molecular weight excluding hydrogens is 371 g/mol. The van der Waals surface area contributed by atoms with Gasteiger partial charge < -0.3 is 10.2 Å². The number of para-hydroxylation sites is 1. The van der Waals surface area contributed by atoms with E-state index in [9.17, 15) is 14.0 Å². The van der Waals surface area contributed by atoms with Crippen LogP contribution >= 0.6 is 0 Å². The van der Waals surface area contributed by atoms with Crippen LogP contribution in [0.25, 0.3) is 5.69 Å². The monoisotopic (exact) mass is 392 g/mol. The molecule has 1 aromatic heterocycles. The summed E-state index contributed by atoms with van der Waals surface area (Å²) in [5, 5.41) is 7.03. The van der Waals surface area contributed by atoms with E-state index in [0.29, 0.717) is 29.9 Å². The summed E-state index contributed by atoms with van der Waals surface area (Å²) in [4.78, 5) is 26.2. The predicted molar refractivity (Wildman–Crippen MR) is 107 cm³/mol. The molecule has 1 fully saturated rings. The van der Waals surface area contributed by atoms with Gasteiger partial charge in [0.05, 0.1) is 17.5 Å². The van der Waals surface area contributed by atoms with Crippen molar-refractivity contribution in [2.24, 2.45) is 0 Å². The molecule has 0 bridgehead atoms. The number of hydrogen-bond donors (Lipinski definition) is 1. The van der Waals surface area contributed by atoms with Gasteiger partial charge in [0.25, 0.3) is 5.91 Å². The lowest BCUT2D eigenvalue weighted by atomic mass is 10.2. The molecule has 6 nitrogen and oxygen atoms in total. The molecule has 2 aromatic carbocycles. The van der Waals surface area contributed by atoms with Gasteiger partial charge in [0.15, 0.2) is 0 Å². The molecule has 1 aliphatic rings. The van der Waals surface area contributed by atoms with Crippen molar-refractivity contribution in [2.45, 2.75) is 26.3 Å². The van der Waals surface area contributed by atoms with Crippen molar-refractivity contribution < 1.29 is 14.0 Å². The van der Waals surface area contributed by atoms with Crippen molar-refractivity contribution >= 4 is 17.5 Å². The Balaban J connectivity index is 1.43. The predicted octanol–water partition coefficient (Wildman–Crippen LogP) is 3.38. The maximum Gasteiger partial charge on any atom is 0.255 e. The van der Waals surface area contributed by atoms with Crippen LogP contribution in [0.2, 0.25) is 0 Å². The quantitative estimate of drug-likeness (QED) is 0.724. The number of carbonyl (C=O) groups excluding carboxylic acids is 2. The number of rotatable bonds is 5. The second kappa shape index (κ2) is 7.87. The Kier molecular flexibility index (Phi) is 5.12. The zero-order valence-electron chi connectivity index (χ0n) is 16.1. The Morgan fingerprint density at radius 1 is 1.17 bits per heavy atom. The molecule has 7 heteroatoms. The summed E-state index contributed by atoms with van der Waals surface area (Å²) in [6.07, 6.45) is 2.92. The Labute approximate surface area is 167 Å². The molecule has 0 aliphatic carbocycles. The largest absolute Gasteiger partial charge is 0.348 e. The Morgan fingerprint density at radius 2 is 1.93 bits per heavy atom. The number of anilines is 1. The molecule has 2 amide bonds. The lowest BCUT2D eigenvalue weighted by Crippen LogP contribution is -2.24. The van der Waals surface area contributed by atoms with Crippen LogP contribution in [0.3, 0.4) is 0 Å². The Morgan fingerprint density at radius 3 is 2.62 bits per heavy atom. The molecule has 1 N–H and O–H groups in total. The summed E-state index contributed by atoms with van der Waals surface area (Å²) >= 11 is 0. The van der Waals surface area contributed by atoms with Gasteiger partial charge >= 0.3 is 0 Å².